The van der Waals surface area contributed by atoms with Gasteiger partial charge in [-0.15, -0.1) is 23.1 Å². The highest BCUT2D eigenvalue weighted by atomic mass is 35.5. The van der Waals surface area contributed by atoms with Gasteiger partial charge in [-0.05, 0) is 30.3 Å². The summed E-state index contributed by atoms with van der Waals surface area (Å²) in [5.41, 5.74) is 0.708. The molecule has 0 unspecified atom stereocenters. The molecule has 0 bridgehead atoms. The number of anilines is 2. The van der Waals surface area contributed by atoms with Crippen LogP contribution in [0.15, 0.2) is 52.7 Å². The highest BCUT2D eigenvalue weighted by Gasteiger charge is 2.29. The lowest BCUT2D eigenvalue weighted by Crippen LogP contribution is -2.18. The second-order valence-electron chi connectivity index (χ2n) is 7.80. The Kier molecular flexibility index (Phi) is 10.1. The van der Waals surface area contributed by atoms with Crippen LogP contribution in [0, 0.1) is 0 Å². The summed E-state index contributed by atoms with van der Waals surface area (Å²) in [4.78, 5) is 42.4. The van der Waals surface area contributed by atoms with Crippen molar-refractivity contribution in [3.63, 3.8) is 0 Å². The van der Waals surface area contributed by atoms with Gasteiger partial charge in [0.05, 0.1) is 52.7 Å². The van der Waals surface area contributed by atoms with Gasteiger partial charge in [-0.3, -0.25) is 9.59 Å². The fourth-order valence-electron chi connectivity index (χ4n) is 3.33. The number of benzene rings is 3. The largest absolute Gasteiger partial charge is 0.478 e. The molecule has 0 saturated heterocycles. The van der Waals surface area contributed by atoms with Gasteiger partial charge in [0, 0.05) is 21.5 Å². The topological polar surface area (TPSA) is 108 Å². The number of thioether (sulfide) groups is 1. The van der Waals surface area contributed by atoms with E-state index in [-0.39, 0.29) is 26.7 Å². The molecule has 1 heterocycles. The van der Waals surface area contributed by atoms with Gasteiger partial charge in [-0.25, -0.2) is 9.78 Å². The second-order valence-corrected chi connectivity index (χ2v) is 12.0. The highest BCUT2D eigenvalue weighted by molar-refractivity contribution is 8.00. The van der Waals surface area contributed by atoms with Gasteiger partial charge in [0.1, 0.15) is 0 Å². The van der Waals surface area contributed by atoms with Crippen molar-refractivity contribution in [3.8, 4) is 11.3 Å². The van der Waals surface area contributed by atoms with Crippen LogP contribution in [0.3, 0.4) is 0 Å². The molecule has 0 aliphatic heterocycles. The summed E-state index contributed by atoms with van der Waals surface area (Å²) in [6, 6.07) is 11.7. The maximum Gasteiger partial charge on any atom is 0.338 e. The average molecular weight is 696 g/mol. The van der Waals surface area contributed by atoms with Crippen LogP contribution >= 0.6 is 92.7 Å². The number of rotatable bonds is 8. The van der Waals surface area contributed by atoms with Crippen molar-refractivity contribution in [1.29, 1.82) is 0 Å². The van der Waals surface area contributed by atoms with Crippen LogP contribution < -0.4 is 10.6 Å². The number of carboxylic acid groups (broad SMARTS) is 1. The van der Waals surface area contributed by atoms with E-state index >= 15 is 0 Å². The Morgan fingerprint density at radius 2 is 1.55 bits per heavy atom. The molecule has 3 N–H and O–H groups in total. The van der Waals surface area contributed by atoms with E-state index in [9.17, 15) is 19.5 Å². The fourth-order valence-corrected chi connectivity index (χ4v) is 6.13. The van der Waals surface area contributed by atoms with Gasteiger partial charge in [0.25, 0.3) is 5.91 Å². The highest BCUT2D eigenvalue weighted by Crippen LogP contribution is 2.42. The first-order chi connectivity index (χ1) is 19.0. The smallest absolute Gasteiger partial charge is 0.338 e. The third kappa shape index (κ3) is 6.98. The minimum atomic E-state index is -1.50. The molecule has 0 radical (unpaired) electrons. The predicted molar refractivity (Wildman–Crippen MR) is 165 cm³/mol. The number of hydrogen-bond donors (Lipinski definition) is 3. The molecular weight excluding hydrogens is 683 g/mol. The van der Waals surface area contributed by atoms with Crippen LogP contribution in [-0.4, -0.2) is 33.6 Å². The molecule has 0 aliphatic rings. The van der Waals surface area contributed by atoms with Gasteiger partial charge >= 0.3 is 5.97 Å². The van der Waals surface area contributed by atoms with Crippen LogP contribution in [0.1, 0.15) is 20.7 Å². The molecule has 40 heavy (non-hydrogen) atoms. The number of carbonyl (C=O) groups is 3. The number of nitrogens with one attached hydrogen (secondary N) is 2. The molecule has 7 nitrogen and oxygen atoms in total. The molecule has 1 aromatic heterocycles. The predicted octanol–water partition coefficient (Wildman–Crippen LogP) is 9.41. The Morgan fingerprint density at radius 1 is 0.850 bits per heavy atom. The third-order valence-electron chi connectivity index (χ3n) is 5.14. The van der Waals surface area contributed by atoms with Crippen molar-refractivity contribution in [2.75, 3.05) is 16.4 Å². The molecule has 0 saturated carbocycles. The molecule has 3 aromatic carbocycles. The van der Waals surface area contributed by atoms with Crippen molar-refractivity contribution in [2.45, 2.75) is 4.90 Å². The van der Waals surface area contributed by atoms with Gasteiger partial charge in [-0.2, -0.15) is 0 Å². The van der Waals surface area contributed by atoms with Gasteiger partial charge in [-0.1, -0.05) is 81.7 Å². The van der Waals surface area contributed by atoms with Crippen LogP contribution in [0.25, 0.3) is 11.3 Å². The number of aromatic carboxylic acids is 1. The SMILES string of the molecule is O=C(CSc1cccc(NC(=O)c2c(Cl)c(Cl)c(Cl)c(Cl)c2C(=O)O)c1)Nc1nc(-c2ccc(Cl)c(Cl)c2)cs1. The van der Waals surface area contributed by atoms with Crippen LogP contribution in [0.4, 0.5) is 10.8 Å². The second kappa shape index (κ2) is 13.2. The first-order valence-corrected chi connectivity index (χ1v) is 14.9. The summed E-state index contributed by atoms with van der Waals surface area (Å²) < 4.78 is 0. The lowest BCUT2D eigenvalue weighted by Gasteiger charge is -2.14. The van der Waals surface area contributed by atoms with E-state index in [1.165, 1.54) is 23.1 Å². The first-order valence-electron chi connectivity index (χ1n) is 10.8. The Labute approximate surface area is 265 Å². The third-order valence-corrected chi connectivity index (χ3v) is 9.43. The van der Waals surface area contributed by atoms with Gasteiger partial charge < -0.3 is 15.7 Å². The Bertz CT molecular complexity index is 1660. The van der Waals surface area contributed by atoms with Crippen LogP contribution in [0.2, 0.25) is 30.1 Å². The quantitative estimate of drug-likeness (QED) is 0.0963. The number of carboxylic acids is 1. The molecule has 15 heteroatoms. The van der Waals surface area contributed by atoms with E-state index in [4.69, 9.17) is 69.6 Å². The number of halogens is 6. The standard InChI is InChI=1S/C25H13Cl6N3O4S2/c26-13-5-4-10(6-14(13)27)15-8-40-25(33-15)34-16(35)9-39-12-3-1-2-11(7-12)32-23(36)17-18(24(37)38)20(29)22(31)21(30)19(17)28/h1-8H,9H2,(H,32,36)(H,37,38)(H,33,34,35). The number of carbonyl (C=O) groups excluding carboxylic acids is 2. The Morgan fingerprint density at radius 3 is 2.23 bits per heavy atom. The summed E-state index contributed by atoms with van der Waals surface area (Å²) in [5, 5.41) is 16.7. The van der Waals surface area contributed by atoms with Crippen molar-refractivity contribution < 1.29 is 19.5 Å². The molecular formula is C25H13Cl6N3O4S2. The minimum absolute atomic E-state index is 0.0521. The molecule has 0 atom stereocenters. The zero-order valence-electron chi connectivity index (χ0n) is 19.5. The minimum Gasteiger partial charge on any atom is -0.478 e. The van der Waals surface area contributed by atoms with Crippen molar-refractivity contribution in [2.24, 2.45) is 0 Å². The van der Waals surface area contributed by atoms with Crippen molar-refractivity contribution >= 4 is 121 Å². The van der Waals surface area contributed by atoms with E-state index in [0.717, 1.165) is 5.56 Å². The summed E-state index contributed by atoms with van der Waals surface area (Å²) in [5.74, 6) is -2.60. The monoisotopic (exact) mass is 693 g/mol. The molecule has 4 aromatic rings. The summed E-state index contributed by atoms with van der Waals surface area (Å²) >= 11 is 38.7. The average Bonchev–Trinajstić information content (AvgIpc) is 3.38. The number of aromatic nitrogens is 1. The van der Waals surface area contributed by atoms with Gasteiger partial charge in [0.2, 0.25) is 5.91 Å². The fraction of sp³-hybridized carbons (Fsp3) is 0.0400. The molecule has 0 spiro atoms. The molecule has 0 fully saturated rings. The zero-order chi connectivity index (χ0) is 29.1. The Hall–Kier alpha value is -2.21. The van der Waals surface area contributed by atoms with Crippen molar-refractivity contribution in [1.82, 2.24) is 4.98 Å². The molecule has 4 rings (SSSR count). The number of hydrogen-bond acceptors (Lipinski definition) is 6. The maximum absolute atomic E-state index is 13.0. The number of thiazole rings is 1. The molecule has 2 amide bonds. The van der Waals surface area contributed by atoms with Crippen LogP contribution in [-0.2, 0) is 4.79 Å². The van der Waals surface area contributed by atoms with E-state index in [1.54, 1.807) is 47.8 Å². The van der Waals surface area contributed by atoms with Crippen molar-refractivity contribution in [3.05, 3.63) is 89.1 Å². The molecule has 206 valence electrons. The lowest BCUT2D eigenvalue weighted by atomic mass is 10.1. The Balaban J connectivity index is 1.41. The number of amides is 2. The van der Waals surface area contributed by atoms with E-state index in [0.29, 0.717) is 31.5 Å². The zero-order valence-corrected chi connectivity index (χ0v) is 25.7. The van der Waals surface area contributed by atoms with E-state index in [2.05, 4.69) is 15.6 Å². The van der Waals surface area contributed by atoms with E-state index < -0.39 is 28.0 Å². The summed E-state index contributed by atoms with van der Waals surface area (Å²) in [6.45, 7) is 0. The maximum atomic E-state index is 13.0. The summed E-state index contributed by atoms with van der Waals surface area (Å²) in [6.07, 6.45) is 0. The normalized spacial score (nSPS) is 10.8. The summed E-state index contributed by atoms with van der Waals surface area (Å²) in [7, 11) is 0. The first kappa shape index (κ1) is 30.7. The van der Waals surface area contributed by atoms with E-state index in [1.807, 2.05) is 0 Å². The lowest BCUT2D eigenvalue weighted by molar-refractivity contribution is -0.113. The number of nitrogens with zero attached hydrogens (tertiary/aromatic N) is 1. The van der Waals surface area contributed by atoms with Gasteiger partial charge in [0.15, 0.2) is 5.13 Å². The van der Waals surface area contributed by atoms with Crippen LogP contribution in [0.5, 0.6) is 0 Å². The molecule has 0 aliphatic carbocycles.